The number of nitrogens with one attached hydrogen (secondary N) is 1. The minimum Gasteiger partial charge on any atom is -0.355 e. The Hall–Kier alpha value is -5.60. The van der Waals surface area contributed by atoms with Crippen LogP contribution in [0.3, 0.4) is 0 Å². The molecule has 0 saturated carbocycles. The van der Waals surface area contributed by atoms with Gasteiger partial charge in [-0.05, 0) is 81.9 Å². The lowest BCUT2D eigenvalue weighted by molar-refractivity contribution is 0.719. The van der Waals surface area contributed by atoms with Crippen LogP contribution in [0.1, 0.15) is 23.0 Å². The SMILES string of the molecule is C1=CC2c3ccccc3-c3ccc(-n4c5ccccc5c5cc(-c6ccc7[nH]c8ccccc8c7c6)ccc54)cc3C2C=C1. The Labute approximate surface area is 255 Å². The molecule has 0 bridgehead atoms. The molecular formula is C42H28N2. The standard InChI is InChI=1S/C42H28N2/c1-2-11-31-29(9-1)30-10-3-4-12-32(30)36-25-28(19-20-33(31)36)44-41-16-8-6-14-35(41)38-24-27(18-22-42(38)44)26-17-21-40-37(23-26)34-13-5-7-15-39(34)43-40/h1-25,30,32,43H. The van der Waals surface area contributed by atoms with Crippen molar-refractivity contribution in [1.82, 2.24) is 9.55 Å². The molecule has 2 aliphatic carbocycles. The van der Waals surface area contributed by atoms with Crippen molar-refractivity contribution in [3.8, 4) is 27.9 Å². The monoisotopic (exact) mass is 560 g/mol. The molecule has 6 aromatic carbocycles. The summed E-state index contributed by atoms with van der Waals surface area (Å²) in [6.45, 7) is 0. The van der Waals surface area contributed by atoms with Gasteiger partial charge in [0.25, 0.3) is 0 Å². The minimum absolute atomic E-state index is 0.337. The van der Waals surface area contributed by atoms with E-state index in [0.717, 1.165) is 0 Å². The first-order valence-corrected chi connectivity index (χ1v) is 15.4. The summed E-state index contributed by atoms with van der Waals surface area (Å²) in [6.07, 6.45) is 9.16. The van der Waals surface area contributed by atoms with Gasteiger partial charge < -0.3 is 9.55 Å². The largest absolute Gasteiger partial charge is 0.355 e. The van der Waals surface area contributed by atoms with Crippen LogP contribution in [0.5, 0.6) is 0 Å². The molecule has 2 atom stereocenters. The third-order valence-corrected chi connectivity index (χ3v) is 9.91. The predicted molar refractivity (Wildman–Crippen MR) is 185 cm³/mol. The highest BCUT2D eigenvalue weighted by atomic mass is 15.0. The fraction of sp³-hybridized carbons (Fsp3) is 0.0476. The van der Waals surface area contributed by atoms with Gasteiger partial charge in [-0.15, -0.1) is 0 Å². The first-order valence-electron chi connectivity index (χ1n) is 15.4. The Morgan fingerprint density at radius 3 is 2.02 bits per heavy atom. The molecule has 2 nitrogen and oxygen atoms in total. The minimum atomic E-state index is 0.337. The summed E-state index contributed by atoms with van der Waals surface area (Å²) in [6, 6.07) is 47.2. The van der Waals surface area contributed by atoms with Gasteiger partial charge in [0.15, 0.2) is 0 Å². The van der Waals surface area contributed by atoms with E-state index in [4.69, 9.17) is 0 Å². The number of para-hydroxylation sites is 2. The number of aromatic nitrogens is 2. The van der Waals surface area contributed by atoms with Gasteiger partial charge in [0.05, 0.1) is 11.0 Å². The molecule has 44 heavy (non-hydrogen) atoms. The Bertz CT molecular complexity index is 2520. The highest BCUT2D eigenvalue weighted by Crippen LogP contribution is 2.50. The van der Waals surface area contributed by atoms with Crippen LogP contribution in [-0.2, 0) is 0 Å². The number of fused-ring (bicyclic) bond motifs is 12. The molecule has 2 heteroatoms. The average Bonchev–Trinajstić information content (AvgIpc) is 3.63. The summed E-state index contributed by atoms with van der Waals surface area (Å²) in [7, 11) is 0. The number of H-pyrrole nitrogens is 1. The van der Waals surface area contributed by atoms with Gasteiger partial charge in [-0.25, -0.2) is 0 Å². The van der Waals surface area contributed by atoms with E-state index in [2.05, 4.69) is 161 Å². The average molecular weight is 561 g/mol. The van der Waals surface area contributed by atoms with Gasteiger partial charge in [-0.1, -0.05) is 103 Å². The van der Waals surface area contributed by atoms with Crippen molar-refractivity contribution in [2.45, 2.75) is 11.8 Å². The maximum absolute atomic E-state index is 3.57. The van der Waals surface area contributed by atoms with E-state index in [0.29, 0.717) is 11.8 Å². The van der Waals surface area contributed by atoms with Crippen LogP contribution in [-0.4, -0.2) is 9.55 Å². The predicted octanol–water partition coefficient (Wildman–Crippen LogP) is 11.1. The molecule has 0 fully saturated rings. The molecule has 1 N–H and O–H groups in total. The van der Waals surface area contributed by atoms with Crippen LogP contribution in [0.25, 0.3) is 71.6 Å². The lowest BCUT2D eigenvalue weighted by Gasteiger charge is -2.34. The molecule has 206 valence electrons. The van der Waals surface area contributed by atoms with Crippen molar-refractivity contribution in [3.63, 3.8) is 0 Å². The normalized spacial score (nSPS) is 16.9. The topological polar surface area (TPSA) is 20.7 Å². The summed E-state index contributed by atoms with van der Waals surface area (Å²) >= 11 is 0. The second-order valence-electron chi connectivity index (χ2n) is 12.2. The summed E-state index contributed by atoms with van der Waals surface area (Å²) in [5.41, 5.74) is 14.0. The molecule has 2 heterocycles. The van der Waals surface area contributed by atoms with Crippen LogP contribution in [0.4, 0.5) is 0 Å². The van der Waals surface area contributed by atoms with Crippen molar-refractivity contribution >= 4 is 43.6 Å². The highest BCUT2D eigenvalue weighted by Gasteiger charge is 2.32. The third kappa shape index (κ3) is 3.31. The Kier molecular flexibility index (Phi) is 4.86. The van der Waals surface area contributed by atoms with E-state index in [1.54, 1.807) is 0 Å². The number of hydrogen-bond donors (Lipinski definition) is 1. The van der Waals surface area contributed by atoms with E-state index in [-0.39, 0.29) is 0 Å². The summed E-state index contributed by atoms with van der Waals surface area (Å²) in [5, 5.41) is 5.08. The van der Waals surface area contributed by atoms with Crippen molar-refractivity contribution in [3.05, 3.63) is 163 Å². The highest BCUT2D eigenvalue weighted by molar-refractivity contribution is 6.12. The van der Waals surface area contributed by atoms with Gasteiger partial charge in [0, 0.05) is 50.1 Å². The lowest BCUT2D eigenvalue weighted by atomic mass is 9.70. The van der Waals surface area contributed by atoms with E-state index in [1.165, 1.54) is 82.7 Å². The van der Waals surface area contributed by atoms with Crippen molar-refractivity contribution in [2.24, 2.45) is 0 Å². The fourth-order valence-corrected chi connectivity index (χ4v) is 7.90. The third-order valence-electron chi connectivity index (χ3n) is 9.91. The van der Waals surface area contributed by atoms with E-state index < -0.39 is 0 Å². The molecule has 0 aliphatic heterocycles. The maximum atomic E-state index is 3.57. The fourth-order valence-electron chi connectivity index (χ4n) is 7.90. The smallest absolute Gasteiger partial charge is 0.0541 e. The van der Waals surface area contributed by atoms with E-state index >= 15 is 0 Å². The first-order chi connectivity index (χ1) is 21.8. The zero-order chi connectivity index (χ0) is 28.8. The molecule has 0 spiro atoms. The molecule has 2 aliphatic rings. The van der Waals surface area contributed by atoms with Crippen molar-refractivity contribution in [1.29, 1.82) is 0 Å². The van der Waals surface area contributed by atoms with Crippen LogP contribution in [0.15, 0.2) is 152 Å². The maximum Gasteiger partial charge on any atom is 0.0541 e. The lowest BCUT2D eigenvalue weighted by Crippen LogP contribution is -2.16. The Balaban J connectivity index is 1.17. The van der Waals surface area contributed by atoms with Crippen molar-refractivity contribution < 1.29 is 0 Å². The molecular weight excluding hydrogens is 532 g/mol. The number of aromatic amines is 1. The van der Waals surface area contributed by atoms with Crippen molar-refractivity contribution in [2.75, 3.05) is 0 Å². The molecule has 2 unspecified atom stereocenters. The second kappa shape index (κ2) is 8.95. The molecule has 0 radical (unpaired) electrons. The van der Waals surface area contributed by atoms with Gasteiger partial charge in [0.2, 0.25) is 0 Å². The molecule has 2 aromatic heterocycles. The van der Waals surface area contributed by atoms with Crippen LogP contribution >= 0.6 is 0 Å². The molecule has 10 rings (SSSR count). The quantitative estimate of drug-likeness (QED) is 0.217. The van der Waals surface area contributed by atoms with Gasteiger partial charge in [0.1, 0.15) is 0 Å². The molecule has 0 amide bonds. The molecule has 0 saturated heterocycles. The second-order valence-corrected chi connectivity index (χ2v) is 12.2. The van der Waals surface area contributed by atoms with Crippen LogP contribution in [0.2, 0.25) is 0 Å². The summed E-state index contributed by atoms with van der Waals surface area (Å²) in [4.78, 5) is 3.57. The zero-order valence-electron chi connectivity index (χ0n) is 24.0. The number of rotatable bonds is 2. The summed E-state index contributed by atoms with van der Waals surface area (Å²) in [5.74, 6) is 0.707. The Morgan fingerprint density at radius 1 is 0.455 bits per heavy atom. The first kappa shape index (κ1) is 23.9. The van der Waals surface area contributed by atoms with Crippen LogP contribution < -0.4 is 0 Å². The summed E-state index contributed by atoms with van der Waals surface area (Å²) < 4.78 is 2.45. The van der Waals surface area contributed by atoms with E-state index in [1.807, 2.05) is 0 Å². The van der Waals surface area contributed by atoms with Gasteiger partial charge in [-0.2, -0.15) is 0 Å². The Morgan fingerprint density at radius 2 is 1.11 bits per heavy atom. The zero-order valence-corrected chi connectivity index (χ0v) is 24.0. The number of allylic oxidation sites excluding steroid dienone is 4. The van der Waals surface area contributed by atoms with Crippen LogP contribution in [0, 0.1) is 0 Å². The number of nitrogens with zero attached hydrogens (tertiary/aromatic N) is 1. The van der Waals surface area contributed by atoms with Gasteiger partial charge >= 0.3 is 0 Å². The number of hydrogen-bond acceptors (Lipinski definition) is 0. The number of benzene rings is 6. The molecule has 8 aromatic rings. The van der Waals surface area contributed by atoms with Gasteiger partial charge in [-0.3, -0.25) is 0 Å². The van der Waals surface area contributed by atoms with E-state index in [9.17, 15) is 0 Å².